The molecule has 0 amide bonds. The monoisotopic (exact) mass is 218 g/mol. The van der Waals surface area contributed by atoms with Crippen LogP contribution in [0.25, 0.3) is 0 Å². The highest BCUT2D eigenvalue weighted by molar-refractivity contribution is 7.79. The number of aryl methyl sites for hydroxylation is 3. The van der Waals surface area contributed by atoms with Crippen LogP contribution in [0.2, 0.25) is 0 Å². The first-order valence-corrected chi connectivity index (χ1v) is 4.77. The Kier molecular flexibility index (Phi) is 4.61. The average Bonchev–Trinajstić information content (AvgIpc) is 1.82. The van der Waals surface area contributed by atoms with Crippen molar-refractivity contribution in [2.24, 2.45) is 0 Å². The van der Waals surface area contributed by atoms with Crippen molar-refractivity contribution in [1.29, 1.82) is 0 Å². The highest BCUT2D eigenvalue weighted by atomic mass is 35.5. The van der Waals surface area contributed by atoms with E-state index in [1.165, 1.54) is 0 Å². The lowest BCUT2D eigenvalue weighted by Crippen LogP contribution is -1.97. The molecule has 2 nitrogen and oxygen atoms in total. The fourth-order valence-electron chi connectivity index (χ4n) is 1.43. The summed E-state index contributed by atoms with van der Waals surface area (Å²) in [7, 11) is 0. The van der Waals surface area contributed by atoms with Crippen LogP contribution >= 0.6 is 0 Å². The molecule has 0 saturated heterocycles. The van der Waals surface area contributed by atoms with E-state index < -0.39 is 11.1 Å². The Hall–Kier alpha value is -0.380. The minimum Gasteiger partial charge on any atom is -0.768 e. The summed E-state index contributed by atoms with van der Waals surface area (Å²) in [6.45, 7) is 5.58. The minimum absolute atomic E-state index is 0. The lowest BCUT2D eigenvalue weighted by Gasteiger charge is -2.12. The molecule has 0 fully saturated rings. The molecule has 0 bridgehead atoms. The zero-order valence-corrected chi connectivity index (χ0v) is 9.33. The molecule has 0 aliphatic carbocycles. The molecule has 2 radical (unpaired) electrons. The van der Waals surface area contributed by atoms with E-state index in [1.54, 1.807) is 0 Å². The SMILES string of the molecule is Cc1cc(C)c(S(=O)[O-])c(C)c1.[Cl+]. The summed E-state index contributed by atoms with van der Waals surface area (Å²) in [5.41, 5.74) is 2.74. The van der Waals surface area contributed by atoms with Gasteiger partial charge in [0, 0.05) is 4.90 Å². The summed E-state index contributed by atoms with van der Waals surface area (Å²) in [5, 5.41) is 0. The van der Waals surface area contributed by atoms with Crippen LogP contribution in [-0.2, 0) is 11.1 Å². The van der Waals surface area contributed by atoms with E-state index in [9.17, 15) is 8.76 Å². The molecule has 13 heavy (non-hydrogen) atoms. The molecule has 1 unspecified atom stereocenters. The van der Waals surface area contributed by atoms with Crippen LogP contribution in [0.1, 0.15) is 16.7 Å². The lowest BCUT2D eigenvalue weighted by atomic mass is 10.1. The molecular formula is C9H11ClO2S. The molecule has 72 valence electrons. The highest BCUT2D eigenvalue weighted by Gasteiger charge is 2.02. The van der Waals surface area contributed by atoms with Gasteiger partial charge in [-0.15, -0.1) is 0 Å². The summed E-state index contributed by atoms with van der Waals surface area (Å²) >= 11 is -2.11. The van der Waals surface area contributed by atoms with Gasteiger partial charge in [0.25, 0.3) is 0 Å². The molecule has 0 spiro atoms. The zero-order valence-electron chi connectivity index (χ0n) is 7.76. The van der Waals surface area contributed by atoms with E-state index in [1.807, 2.05) is 32.9 Å². The average molecular weight is 219 g/mol. The second-order valence-electron chi connectivity index (χ2n) is 2.96. The van der Waals surface area contributed by atoms with Crippen molar-refractivity contribution in [3.63, 3.8) is 0 Å². The van der Waals surface area contributed by atoms with Gasteiger partial charge in [0.1, 0.15) is 0 Å². The van der Waals surface area contributed by atoms with Crippen LogP contribution in [0.15, 0.2) is 17.0 Å². The fourth-order valence-corrected chi connectivity index (χ4v) is 2.07. The Morgan fingerprint density at radius 3 is 1.85 bits per heavy atom. The summed E-state index contributed by atoms with van der Waals surface area (Å²) in [4.78, 5) is 0.431. The normalized spacial score (nSPS) is 12.0. The second-order valence-corrected chi connectivity index (χ2v) is 3.84. The summed E-state index contributed by atoms with van der Waals surface area (Å²) in [6, 6.07) is 3.75. The minimum atomic E-state index is -2.11. The predicted octanol–water partition coefficient (Wildman–Crippen LogP) is 1.85. The zero-order chi connectivity index (χ0) is 9.30. The molecule has 1 rings (SSSR count). The van der Waals surface area contributed by atoms with Crippen LogP contribution < -0.4 is 0 Å². The van der Waals surface area contributed by atoms with Gasteiger partial charge in [0.15, 0.2) is 0 Å². The van der Waals surface area contributed by atoms with Gasteiger partial charge in [-0.25, -0.2) is 0 Å². The van der Waals surface area contributed by atoms with E-state index in [2.05, 4.69) is 0 Å². The van der Waals surface area contributed by atoms with E-state index >= 15 is 0 Å². The van der Waals surface area contributed by atoms with Gasteiger partial charge >= 0.3 is 12.4 Å². The van der Waals surface area contributed by atoms with Gasteiger partial charge in [-0.05, 0) is 43.0 Å². The number of halogens is 1. The third-order valence-corrected chi connectivity index (χ3v) is 2.75. The molecule has 0 aliphatic heterocycles. The number of hydrogen-bond donors (Lipinski definition) is 0. The fraction of sp³-hybridized carbons (Fsp3) is 0.333. The predicted molar refractivity (Wildman–Crippen MR) is 47.8 cm³/mol. The van der Waals surface area contributed by atoms with Gasteiger partial charge in [-0.2, -0.15) is 0 Å². The summed E-state index contributed by atoms with van der Waals surface area (Å²) in [6.07, 6.45) is 0. The molecule has 0 heterocycles. The van der Waals surface area contributed by atoms with Gasteiger partial charge in [-0.1, -0.05) is 17.7 Å². The van der Waals surface area contributed by atoms with Gasteiger partial charge in [0.2, 0.25) is 0 Å². The van der Waals surface area contributed by atoms with Gasteiger partial charge in [0.05, 0.1) is 0 Å². The van der Waals surface area contributed by atoms with Crippen molar-refractivity contribution >= 4 is 11.1 Å². The second kappa shape index (κ2) is 4.74. The topological polar surface area (TPSA) is 40.1 Å². The molecular weight excluding hydrogens is 208 g/mol. The molecule has 4 heteroatoms. The van der Waals surface area contributed by atoms with Crippen LogP contribution in [-0.4, -0.2) is 8.76 Å². The molecule has 0 aromatic heterocycles. The summed E-state index contributed by atoms with van der Waals surface area (Å²) < 4.78 is 21.5. The van der Waals surface area contributed by atoms with Crippen molar-refractivity contribution in [2.75, 3.05) is 0 Å². The Morgan fingerprint density at radius 2 is 1.54 bits per heavy atom. The van der Waals surface area contributed by atoms with Crippen LogP contribution in [0.4, 0.5) is 0 Å². The first-order chi connectivity index (χ1) is 5.52. The Balaban J connectivity index is 0.00000144. The maximum Gasteiger partial charge on any atom is 1.00 e. The standard InChI is InChI=1S/C9H12O2S.Cl/c1-6-4-7(2)9(12(10)11)8(3)5-6;/h4-5H,1-3H3,(H,10,11);/q;+1/p-1. The van der Waals surface area contributed by atoms with Crippen LogP contribution in [0.5, 0.6) is 0 Å². The lowest BCUT2D eigenvalue weighted by molar-refractivity contribution is -0.00000523. The third-order valence-electron chi connectivity index (χ3n) is 1.77. The van der Waals surface area contributed by atoms with E-state index in [0.717, 1.165) is 16.7 Å². The van der Waals surface area contributed by atoms with E-state index in [4.69, 9.17) is 0 Å². The molecule has 1 aromatic rings. The highest BCUT2D eigenvalue weighted by Crippen LogP contribution is 2.18. The smallest absolute Gasteiger partial charge is 0.768 e. The molecule has 1 aromatic carbocycles. The molecule has 1 atom stereocenters. The van der Waals surface area contributed by atoms with Gasteiger partial charge < -0.3 is 4.55 Å². The maximum atomic E-state index is 10.8. The number of hydrogen-bond acceptors (Lipinski definition) is 2. The first kappa shape index (κ1) is 12.6. The quantitative estimate of drug-likeness (QED) is 0.675. The van der Waals surface area contributed by atoms with Crippen LogP contribution in [0.3, 0.4) is 0 Å². The first-order valence-electron chi connectivity index (χ1n) is 3.69. The van der Waals surface area contributed by atoms with Crippen LogP contribution in [0, 0.1) is 33.2 Å². The number of rotatable bonds is 1. The largest absolute Gasteiger partial charge is 1.00 e. The number of benzene rings is 1. The van der Waals surface area contributed by atoms with Crippen molar-refractivity contribution in [2.45, 2.75) is 25.7 Å². The Bertz CT molecular complexity index is 313. The Morgan fingerprint density at radius 1 is 1.15 bits per heavy atom. The maximum absolute atomic E-state index is 10.8. The Labute approximate surface area is 87.1 Å². The van der Waals surface area contributed by atoms with Crippen molar-refractivity contribution < 1.29 is 21.2 Å². The van der Waals surface area contributed by atoms with E-state index in [0.29, 0.717) is 4.90 Å². The van der Waals surface area contributed by atoms with Crippen molar-refractivity contribution in [3.8, 4) is 0 Å². The van der Waals surface area contributed by atoms with Crippen molar-refractivity contribution in [3.05, 3.63) is 28.8 Å². The molecule has 0 aliphatic rings. The molecule has 0 N–H and O–H groups in total. The third kappa shape index (κ3) is 2.79. The molecule has 0 saturated carbocycles. The van der Waals surface area contributed by atoms with Crippen molar-refractivity contribution in [1.82, 2.24) is 0 Å². The van der Waals surface area contributed by atoms with E-state index in [-0.39, 0.29) is 12.4 Å². The summed E-state index contributed by atoms with van der Waals surface area (Å²) in [5.74, 6) is 0. The van der Waals surface area contributed by atoms with Gasteiger partial charge in [-0.3, -0.25) is 4.21 Å².